The largest absolute Gasteiger partial charge is 0.326 e. The fourth-order valence-corrected chi connectivity index (χ4v) is 2.28. The van der Waals surface area contributed by atoms with Gasteiger partial charge in [-0.3, -0.25) is 0 Å². The summed E-state index contributed by atoms with van der Waals surface area (Å²) in [6.07, 6.45) is 0.886. The number of nitrogens with two attached hydrogens (primary N) is 1. The molecule has 1 rings (SSSR count). The highest BCUT2D eigenvalue weighted by Gasteiger charge is 2.30. The van der Waals surface area contributed by atoms with E-state index in [4.69, 9.17) is 5.73 Å². The number of hydrogen-bond acceptors (Lipinski definition) is 4. The van der Waals surface area contributed by atoms with Gasteiger partial charge in [0.1, 0.15) is 11.3 Å². The maximum atomic E-state index is 5.98. The van der Waals surface area contributed by atoms with Crippen molar-refractivity contribution in [2.75, 3.05) is 0 Å². The van der Waals surface area contributed by atoms with Crippen LogP contribution in [0.1, 0.15) is 39.9 Å². The van der Waals surface area contributed by atoms with E-state index in [1.807, 2.05) is 13.8 Å². The van der Waals surface area contributed by atoms with Crippen LogP contribution < -0.4 is 5.73 Å². The molecule has 0 aromatic carbocycles. The Morgan fingerprint density at radius 3 is 2.38 bits per heavy atom. The molecule has 3 nitrogen and oxygen atoms in total. The van der Waals surface area contributed by atoms with E-state index in [1.54, 1.807) is 5.51 Å². The van der Waals surface area contributed by atoms with Crippen molar-refractivity contribution in [2.45, 2.75) is 45.1 Å². The van der Waals surface area contributed by atoms with Crippen LogP contribution in [0.4, 0.5) is 0 Å². The first-order valence-corrected chi connectivity index (χ1v) is 5.21. The third-order valence-corrected chi connectivity index (χ3v) is 2.34. The van der Waals surface area contributed by atoms with E-state index in [9.17, 15) is 0 Å². The Kier molecular flexibility index (Phi) is 2.73. The van der Waals surface area contributed by atoms with Crippen molar-refractivity contribution in [2.24, 2.45) is 5.73 Å². The molecule has 4 heteroatoms. The van der Waals surface area contributed by atoms with Gasteiger partial charge in [0.25, 0.3) is 0 Å². The zero-order valence-corrected chi connectivity index (χ0v) is 9.48. The van der Waals surface area contributed by atoms with E-state index in [0.29, 0.717) is 0 Å². The third kappa shape index (κ3) is 3.04. The average Bonchev–Trinajstić information content (AvgIpc) is 2.29. The zero-order valence-electron chi connectivity index (χ0n) is 8.66. The second-order valence-electron chi connectivity index (χ2n) is 4.80. The van der Waals surface area contributed by atoms with Gasteiger partial charge < -0.3 is 5.73 Å². The third-order valence-electron chi connectivity index (χ3n) is 1.86. The average molecular weight is 199 g/mol. The summed E-state index contributed by atoms with van der Waals surface area (Å²) >= 11 is 1.39. The van der Waals surface area contributed by atoms with Crippen molar-refractivity contribution in [1.29, 1.82) is 0 Å². The van der Waals surface area contributed by atoms with Gasteiger partial charge in [0.15, 0.2) is 0 Å². The molecule has 1 aromatic rings. The van der Waals surface area contributed by atoms with Gasteiger partial charge in [-0.15, -0.1) is 0 Å². The number of rotatable bonds is 3. The molecular formula is C9H17N3S. The Morgan fingerprint density at radius 2 is 2.00 bits per heavy atom. The van der Waals surface area contributed by atoms with Gasteiger partial charge >= 0.3 is 0 Å². The summed E-state index contributed by atoms with van der Waals surface area (Å²) in [5, 5.41) is 0. The second-order valence-corrected chi connectivity index (χ2v) is 5.41. The van der Waals surface area contributed by atoms with E-state index in [1.165, 1.54) is 11.5 Å². The first-order valence-electron chi connectivity index (χ1n) is 4.37. The first-order chi connectivity index (χ1) is 5.81. The van der Waals surface area contributed by atoms with Crippen LogP contribution in [0.15, 0.2) is 5.51 Å². The van der Waals surface area contributed by atoms with Crippen molar-refractivity contribution < 1.29 is 0 Å². The number of aromatic nitrogens is 2. The van der Waals surface area contributed by atoms with Crippen molar-refractivity contribution in [3.05, 3.63) is 11.3 Å². The SMILES string of the molecule is CC(C)(N)CC(C)(C)c1ncsn1. The minimum absolute atomic E-state index is 0.0295. The summed E-state index contributed by atoms with van der Waals surface area (Å²) < 4.78 is 4.25. The maximum absolute atomic E-state index is 5.98. The fraction of sp³-hybridized carbons (Fsp3) is 0.778. The summed E-state index contributed by atoms with van der Waals surface area (Å²) in [4.78, 5) is 4.22. The molecule has 0 amide bonds. The Bertz CT molecular complexity index is 259. The number of nitrogens with zero attached hydrogens (tertiary/aromatic N) is 2. The lowest BCUT2D eigenvalue weighted by molar-refractivity contribution is 0.339. The highest BCUT2D eigenvalue weighted by atomic mass is 32.1. The molecule has 0 atom stereocenters. The molecular weight excluding hydrogens is 182 g/mol. The summed E-state index contributed by atoms with van der Waals surface area (Å²) in [5.74, 6) is 0.899. The van der Waals surface area contributed by atoms with Crippen molar-refractivity contribution in [3.8, 4) is 0 Å². The number of hydrogen-bond donors (Lipinski definition) is 1. The van der Waals surface area contributed by atoms with Crippen LogP contribution in [-0.2, 0) is 5.41 Å². The van der Waals surface area contributed by atoms with Gasteiger partial charge in [0.2, 0.25) is 0 Å². The van der Waals surface area contributed by atoms with Gasteiger partial charge in [0, 0.05) is 11.0 Å². The van der Waals surface area contributed by atoms with Crippen LogP contribution >= 0.6 is 11.5 Å². The van der Waals surface area contributed by atoms with E-state index < -0.39 is 0 Å². The van der Waals surface area contributed by atoms with E-state index in [-0.39, 0.29) is 11.0 Å². The Balaban J connectivity index is 2.78. The molecule has 0 fully saturated rings. The summed E-state index contributed by atoms with van der Waals surface area (Å²) in [5.41, 5.74) is 7.54. The van der Waals surface area contributed by atoms with Gasteiger partial charge in [-0.25, -0.2) is 4.98 Å². The molecule has 1 aromatic heterocycles. The molecule has 74 valence electrons. The van der Waals surface area contributed by atoms with Crippen LogP contribution in [0.5, 0.6) is 0 Å². The Hall–Kier alpha value is -0.480. The predicted octanol–water partition coefficient (Wildman–Crippen LogP) is 1.94. The summed E-state index contributed by atoms with van der Waals surface area (Å²) in [6, 6.07) is 0. The minimum atomic E-state index is -0.172. The molecule has 13 heavy (non-hydrogen) atoms. The Labute approximate surface area is 83.5 Å². The molecule has 1 heterocycles. The highest BCUT2D eigenvalue weighted by molar-refractivity contribution is 7.03. The lowest BCUT2D eigenvalue weighted by atomic mass is 9.80. The molecule has 0 aliphatic rings. The molecule has 0 saturated carbocycles. The molecule has 0 aliphatic carbocycles. The zero-order chi connectivity index (χ0) is 10.1. The van der Waals surface area contributed by atoms with Gasteiger partial charge in [-0.1, -0.05) is 13.8 Å². The molecule has 0 radical (unpaired) electrons. The van der Waals surface area contributed by atoms with Gasteiger partial charge in [-0.2, -0.15) is 4.37 Å². The molecule has 0 aliphatic heterocycles. The first kappa shape index (κ1) is 10.6. The van der Waals surface area contributed by atoms with Crippen LogP contribution in [0.3, 0.4) is 0 Å². The molecule has 0 unspecified atom stereocenters. The smallest absolute Gasteiger partial charge is 0.147 e. The maximum Gasteiger partial charge on any atom is 0.147 e. The molecule has 0 spiro atoms. The monoisotopic (exact) mass is 199 g/mol. The van der Waals surface area contributed by atoms with E-state index in [2.05, 4.69) is 23.2 Å². The molecule has 0 bridgehead atoms. The van der Waals surface area contributed by atoms with Crippen molar-refractivity contribution >= 4 is 11.5 Å². The van der Waals surface area contributed by atoms with Gasteiger partial charge in [0.05, 0.1) is 0 Å². The van der Waals surface area contributed by atoms with Crippen molar-refractivity contribution in [3.63, 3.8) is 0 Å². The van der Waals surface area contributed by atoms with Crippen LogP contribution in [0.2, 0.25) is 0 Å². The topological polar surface area (TPSA) is 51.8 Å². The van der Waals surface area contributed by atoms with Crippen LogP contribution in [-0.4, -0.2) is 14.9 Å². The quantitative estimate of drug-likeness (QED) is 0.809. The summed E-state index contributed by atoms with van der Waals surface area (Å²) in [6.45, 7) is 8.32. The normalized spacial score (nSPS) is 13.3. The van der Waals surface area contributed by atoms with Crippen molar-refractivity contribution in [1.82, 2.24) is 9.36 Å². The van der Waals surface area contributed by atoms with Crippen LogP contribution in [0.25, 0.3) is 0 Å². The lowest BCUT2D eigenvalue weighted by Gasteiger charge is -2.29. The van der Waals surface area contributed by atoms with Gasteiger partial charge in [-0.05, 0) is 31.8 Å². The fourth-order valence-electron chi connectivity index (χ4n) is 1.69. The van der Waals surface area contributed by atoms with E-state index >= 15 is 0 Å². The Morgan fingerprint density at radius 1 is 1.38 bits per heavy atom. The molecule has 2 N–H and O–H groups in total. The minimum Gasteiger partial charge on any atom is -0.326 e. The predicted molar refractivity (Wildman–Crippen MR) is 55.8 cm³/mol. The lowest BCUT2D eigenvalue weighted by Crippen LogP contribution is -2.39. The second kappa shape index (κ2) is 3.35. The van der Waals surface area contributed by atoms with E-state index in [0.717, 1.165) is 12.2 Å². The van der Waals surface area contributed by atoms with Crippen LogP contribution in [0, 0.1) is 0 Å². The summed E-state index contributed by atoms with van der Waals surface area (Å²) in [7, 11) is 0. The molecule has 0 saturated heterocycles. The standard InChI is InChI=1S/C9H17N3S/c1-8(2,5-9(3,4)10)7-11-6-13-12-7/h6H,5,10H2,1-4H3. The highest BCUT2D eigenvalue weighted by Crippen LogP contribution is 2.28.